The molecule has 1 atom stereocenters. The van der Waals surface area contributed by atoms with E-state index in [-0.39, 0.29) is 41.4 Å². The van der Waals surface area contributed by atoms with Crippen molar-refractivity contribution in [1.29, 1.82) is 0 Å². The summed E-state index contributed by atoms with van der Waals surface area (Å²) in [6, 6.07) is 21.3. The number of nitrogens with zero attached hydrogens (tertiary/aromatic N) is 1. The molecule has 194 valence electrons. The SMILES string of the molecule is Cc1ccccc1CN(C(=O)Cc1c(F)cccc1Cl)[C@H](Cc1ccccc1)C(=O)NC1CCCCC1. The summed E-state index contributed by atoms with van der Waals surface area (Å²) in [5, 5.41) is 3.43. The van der Waals surface area contributed by atoms with Crippen LogP contribution in [0.4, 0.5) is 4.39 Å². The van der Waals surface area contributed by atoms with Crippen LogP contribution < -0.4 is 5.32 Å². The highest BCUT2D eigenvalue weighted by molar-refractivity contribution is 6.31. The van der Waals surface area contributed by atoms with Crippen molar-refractivity contribution in [1.82, 2.24) is 10.2 Å². The average Bonchev–Trinajstić information content (AvgIpc) is 2.90. The van der Waals surface area contributed by atoms with Crippen molar-refractivity contribution in [3.05, 3.63) is 106 Å². The molecule has 1 aliphatic rings. The number of aryl methyl sites for hydroxylation is 1. The summed E-state index contributed by atoms with van der Waals surface area (Å²) in [5.41, 5.74) is 3.07. The van der Waals surface area contributed by atoms with Crippen molar-refractivity contribution < 1.29 is 14.0 Å². The molecule has 1 saturated carbocycles. The predicted molar refractivity (Wildman–Crippen MR) is 146 cm³/mol. The van der Waals surface area contributed by atoms with Gasteiger partial charge in [0.2, 0.25) is 11.8 Å². The molecule has 4 nitrogen and oxygen atoms in total. The average molecular weight is 521 g/mol. The normalized spacial score (nSPS) is 14.7. The van der Waals surface area contributed by atoms with Crippen molar-refractivity contribution in [2.45, 2.75) is 70.5 Å². The van der Waals surface area contributed by atoms with Crippen LogP contribution in [-0.2, 0) is 29.0 Å². The molecule has 1 N–H and O–H groups in total. The molecule has 0 bridgehead atoms. The molecule has 0 saturated heterocycles. The Kier molecular flexibility index (Phi) is 9.34. The van der Waals surface area contributed by atoms with E-state index < -0.39 is 11.9 Å². The van der Waals surface area contributed by atoms with E-state index in [1.54, 1.807) is 11.0 Å². The van der Waals surface area contributed by atoms with Gasteiger partial charge in [0.15, 0.2) is 0 Å². The van der Waals surface area contributed by atoms with Gasteiger partial charge >= 0.3 is 0 Å². The third kappa shape index (κ3) is 7.20. The summed E-state index contributed by atoms with van der Waals surface area (Å²) in [4.78, 5) is 29.3. The van der Waals surface area contributed by atoms with Gasteiger partial charge in [-0.15, -0.1) is 0 Å². The Morgan fingerprint density at radius 2 is 1.68 bits per heavy atom. The summed E-state index contributed by atoms with van der Waals surface area (Å²) >= 11 is 6.27. The Hall–Kier alpha value is -3.18. The van der Waals surface area contributed by atoms with Crippen LogP contribution in [-0.4, -0.2) is 28.8 Å². The fraction of sp³-hybridized carbons (Fsp3) is 0.355. The molecule has 37 heavy (non-hydrogen) atoms. The second kappa shape index (κ2) is 12.9. The first-order chi connectivity index (χ1) is 17.9. The largest absolute Gasteiger partial charge is 0.352 e. The first-order valence-electron chi connectivity index (χ1n) is 13.0. The van der Waals surface area contributed by atoms with E-state index in [9.17, 15) is 14.0 Å². The molecular formula is C31H34ClFN2O2. The molecule has 1 aliphatic carbocycles. The Labute approximate surface area is 223 Å². The lowest BCUT2D eigenvalue weighted by Crippen LogP contribution is -2.53. The third-order valence-corrected chi connectivity index (χ3v) is 7.57. The van der Waals surface area contributed by atoms with Gasteiger partial charge in [-0.2, -0.15) is 0 Å². The summed E-state index contributed by atoms with van der Waals surface area (Å²) in [7, 11) is 0. The van der Waals surface area contributed by atoms with Crippen molar-refractivity contribution in [3.8, 4) is 0 Å². The number of amides is 2. The highest BCUT2D eigenvalue weighted by Gasteiger charge is 2.32. The van der Waals surface area contributed by atoms with Crippen LogP contribution in [0, 0.1) is 12.7 Å². The number of benzene rings is 3. The number of carbonyl (C=O) groups is 2. The van der Waals surface area contributed by atoms with Gasteiger partial charge in [-0.3, -0.25) is 9.59 Å². The lowest BCUT2D eigenvalue weighted by atomic mass is 9.94. The minimum absolute atomic E-state index is 0.107. The van der Waals surface area contributed by atoms with E-state index in [1.165, 1.54) is 18.6 Å². The van der Waals surface area contributed by atoms with Gasteiger partial charge in [0.05, 0.1) is 6.42 Å². The molecule has 4 rings (SSSR count). The van der Waals surface area contributed by atoms with Gasteiger partial charge in [-0.25, -0.2) is 4.39 Å². The zero-order chi connectivity index (χ0) is 26.2. The van der Waals surface area contributed by atoms with E-state index in [1.807, 2.05) is 61.5 Å². The predicted octanol–water partition coefficient (Wildman–Crippen LogP) is 6.42. The van der Waals surface area contributed by atoms with Crippen LogP contribution in [0.5, 0.6) is 0 Å². The lowest BCUT2D eigenvalue weighted by Gasteiger charge is -2.34. The maximum absolute atomic E-state index is 14.6. The molecule has 3 aromatic carbocycles. The minimum Gasteiger partial charge on any atom is -0.352 e. The van der Waals surface area contributed by atoms with E-state index >= 15 is 0 Å². The van der Waals surface area contributed by atoms with Gasteiger partial charge in [0.25, 0.3) is 0 Å². The van der Waals surface area contributed by atoms with Crippen molar-refractivity contribution in [3.63, 3.8) is 0 Å². The van der Waals surface area contributed by atoms with Crippen LogP contribution in [0.15, 0.2) is 72.8 Å². The summed E-state index contributed by atoms with van der Waals surface area (Å²) in [6.45, 7) is 2.23. The van der Waals surface area contributed by atoms with Gasteiger partial charge in [-0.1, -0.05) is 91.5 Å². The zero-order valence-corrected chi connectivity index (χ0v) is 22.0. The molecule has 6 heteroatoms. The smallest absolute Gasteiger partial charge is 0.243 e. The van der Waals surface area contributed by atoms with E-state index in [2.05, 4.69) is 5.32 Å². The molecule has 1 fully saturated rings. The number of rotatable bonds is 9. The fourth-order valence-corrected chi connectivity index (χ4v) is 5.25. The quantitative estimate of drug-likeness (QED) is 0.354. The standard InChI is InChI=1S/C31H34ClFN2O2/c1-22-11-8-9-14-24(22)21-35(30(36)20-26-27(32)17-10-18-28(26)33)29(19-23-12-4-2-5-13-23)31(37)34-25-15-6-3-7-16-25/h2,4-5,8-14,17-18,25,29H,3,6-7,15-16,19-21H2,1H3,(H,34,37)/t29-/m1/s1. The van der Waals surface area contributed by atoms with E-state index in [0.29, 0.717) is 6.42 Å². The van der Waals surface area contributed by atoms with Crippen LogP contribution in [0.25, 0.3) is 0 Å². The molecule has 0 radical (unpaired) electrons. The summed E-state index contributed by atoms with van der Waals surface area (Å²) < 4.78 is 14.6. The van der Waals surface area contributed by atoms with Crippen LogP contribution >= 0.6 is 11.6 Å². The van der Waals surface area contributed by atoms with E-state index in [4.69, 9.17) is 11.6 Å². The van der Waals surface area contributed by atoms with Crippen LogP contribution in [0.3, 0.4) is 0 Å². The zero-order valence-electron chi connectivity index (χ0n) is 21.3. The van der Waals surface area contributed by atoms with Gasteiger partial charge < -0.3 is 10.2 Å². The summed E-state index contributed by atoms with van der Waals surface area (Å²) in [6.07, 6.45) is 5.39. The fourth-order valence-electron chi connectivity index (χ4n) is 5.02. The van der Waals surface area contributed by atoms with Crippen LogP contribution in [0.1, 0.15) is 54.4 Å². The first-order valence-corrected chi connectivity index (χ1v) is 13.4. The second-order valence-electron chi connectivity index (χ2n) is 9.87. The van der Waals surface area contributed by atoms with E-state index in [0.717, 1.165) is 42.4 Å². The van der Waals surface area contributed by atoms with Crippen molar-refractivity contribution in [2.75, 3.05) is 0 Å². The molecule has 0 unspecified atom stereocenters. The lowest BCUT2D eigenvalue weighted by molar-refractivity contribution is -0.141. The molecular weight excluding hydrogens is 487 g/mol. The molecule has 0 aromatic heterocycles. The molecule has 0 heterocycles. The topological polar surface area (TPSA) is 49.4 Å². The monoisotopic (exact) mass is 520 g/mol. The Morgan fingerprint density at radius 3 is 2.38 bits per heavy atom. The Morgan fingerprint density at radius 1 is 0.973 bits per heavy atom. The molecule has 0 spiro atoms. The van der Waals surface area contributed by atoms with Crippen molar-refractivity contribution in [2.24, 2.45) is 0 Å². The maximum Gasteiger partial charge on any atom is 0.243 e. The highest BCUT2D eigenvalue weighted by Crippen LogP contribution is 2.24. The Bertz CT molecular complexity index is 1190. The number of halogens is 2. The first kappa shape index (κ1) is 26.9. The van der Waals surface area contributed by atoms with Gasteiger partial charge in [-0.05, 0) is 48.6 Å². The molecule has 3 aromatic rings. The second-order valence-corrected chi connectivity index (χ2v) is 10.3. The third-order valence-electron chi connectivity index (χ3n) is 7.21. The summed E-state index contributed by atoms with van der Waals surface area (Å²) in [5.74, 6) is -1.03. The molecule has 2 amide bonds. The van der Waals surface area contributed by atoms with Crippen LogP contribution in [0.2, 0.25) is 5.02 Å². The maximum atomic E-state index is 14.6. The van der Waals surface area contributed by atoms with Crippen molar-refractivity contribution >= 4 is 23.4 Å². The highest BCUT2D eigenvalue weighted by atomic mass is 35.5. The number of hydrogen-bond acceptors (Lipinski definition) is 2. The van der Waals surface area contributed by atoms with Gasteiger partial charge in [0.1, 0.15) is 11.9 Å². The minimum atomic E-state index is -0.748. The number of nitrogens with one attached hydrogen (secondary N) is 1. The Balaban J connectivity index is 1.69. The number of carbonyl (C=O) groups excluding carboxylic acids is 2. The number of hydrogen-bond donors (Lipinski definition) is 1. The molecule has 0 aliphatic heterocycles. The van der Waals surface area contributed by atoms with Gasteiger partial charge in [0, 0.05) is 29.6 Å².